The zero-order chi connectivity index (χ0) is 20.6. The van der Waals surface area contributed by atoms with Gasteiger partial charge in [0.05, 0.1) is 0 Å². The first-order valence-electron chi connectivity index (χ1n) is 9.90. The number of piperazine rings is 1. The number of fused-ring (bicyclic) bond motifs is 1. The predicted molar refractivity (Wildman–Crippen MR) is 108 cm³/mol. The third-order valence-corrected chi connectivity index (χ3v) is 8.98. The Kier molecular flexibility index (Phi) is 5.63. The molecule has 1 atom stereocenters. The molecule has 0 bridgehead atoms. The van der Waals surface area contributed by atoms with E-state index in [4.69, 9.17) is 0 Å². The molecule has 0 aromatic carbocycles. The van der Waals surface area contributed by atoms with Crippen LogP contribution in [0.1, 0.15) is 25.6 Å². The summed E-state index contributed by atoms with van der Waals surface area (Å²) in [5.74, 6) is 0.644. The molecule has 0 aliphatic carbocycles. The zero-order valence-electron chi connectivity index (χ0n) is 16.4. The molecule has 1 amide bonds. The van der Waals surface area contributed by atoms with Crippen molar-refractivity contribution in [2.24, 2.45) is 5.92 Å². The normalized spacial score (nSPS) is 21.0. The lowest BCUT2D eigenvalue weighted by Gasteiger charge is -2.35. The van der Waals surface area contributed by atoms with Crippen LogP contribution >= 0.6 is 11.3 Å². The van der Waals surface area contributed by atoms with Crippen LogP contribution in [0.5, 0.6) is 0 Å². The van der Waals surface area contributed by atoms with Crippen molar-refractivity contribution in [1.29, 1.82) is 0 Å². The molecule has 29 heavy (non-hydrogen) atoms. The second-order valence-electron chi connectivity index (χ2n) is 7.35. The van der Waals surface area contributed by atoms with Gasteiger partial charge in [-0.05, 0) is 31.2 Å². The summed E-state index contributed by atoms with van der Waals surface area (Å²) in [7, 11) is -3.47. The molecule has 2 aromatic rings. The van der Waals surface area contributed by atoms with E-state index < -0.39 is 10.0 Å². The number of hydrogen-bond donors (Lipinski definition) is 0. The highest BCUT2D eigenvalue weighted by Crippen LogP contribution is 2.24. The molecule has 0 spiro atoms. The number of nitrogens with zero attached hydrogens (tertiary/aromatic N) is 5. The summed E-state index contributed by atoms with van der Waals surface area (Å²) in [5, 5.41) is 6.12. The number of amides is 1. The summed E-state index contributed by atoms with van der Waals surface area (Å²) >= 11 is 1.21. The van der Waals surface area contributed by atoms with Gasteiger partial charge in [0.1, 0.15) is 10.0 Å². The van der Waals surface area contributed by atoms with Crippen molar-refractivity contribution in [3.05, 3.63) is 33.8 Å². The Hall–Kier alpha value is -1.98. The zero-order valence-corrected chi connectivity index (χ0v) is 18.0. The van der Waals surface area contributed by atoms with Gasteiger partial charge in [-0.1, -0.05) is 6.07 Å². The third kappa shape index (κ3) is 3.78. The highest BCUT2D eigenvalue weighted by Gasteiger charge is 2.34. The van der Waals surface area contributed by atoms with Crippen LogP contribution in [0, 0.1) is 5.92 Å². The van der Waals surface area contributed by atoms with Crippen LogP contribution < -0.4 is 5.69 Å². The molecule has 4 rings (SSSR count). The summed E-state index contributed by atoms with van der Waals surface area (Å²) in [4.78, 5) is 27.1. The first kappa shape index (κ1) is 20.3. The minimum Gasteiger partial charge on any atom is -0.340 e. The van der Waals surface area contributed by atoms with E-state index in [9.17, 15) is 18.0 Å². The Balaban J connectivity index is 1.37. The molecule has 9 nitrogen and oxygen atoms in total. The molecule has 2 aliphatic rings. The summed E-state index contributed by atoms with van der Waals surface area (Å²) in [6.07, 6.45) is 1.87. The van der Waals surface area contributed by atoms with Crippen molar-refractivity contribution in [1.82, 2.24) is 23.6 Å². The van der Waals surface area contributed by atoms with Crippen molar-refractivity contribution in [2.45, 2.75) is 43.5 Å². The lowest BCUT2D eigenvalue weighted by Crippen LogP contribution is -2.51. The highest BCUT2D eigenvalue weighted by atomic mass is 32.2. The van der Waals surface area contributed by atoms with Gasteiger partial charge in [0.15, 0.2) is 0 Å². The molecule has 1 saturated heterocycles. The maximum Gasteiger partial charge on any atom is 0.345 e. The van der Waals surface area contributed by atoms with Crippen LogP contribution in [-0.2, 0) is 34.3 Å². The molecule has 2 aromatic heterocycles. The summed E-state index contributed by atoms with van der Waals surface area (Å²) in [5.41, 5.74) is -0.108. The highest BCUT2D eigenvalue weighted by molar-refractivity contribution is 7.91. The molecule has 0 N–H and O–H groups in total. The standard InChI is InChI=1S/C18H25N5O4S2/c1-2-23-18(25)22-8-7-14(5-6-15(22)19-23)17(24)20-9-11-21(12-10-20)29(26,27)16-4-3-13-28-16/h3-4,13-14H,2,5-12H2,1H3. The quantitative estimate of drug-likeness (QED) is 0.695. The van der Waals surface area contributed by atoms with E-state index in [2.05, 4.69) is 5.10 Å². The van der Waals surface area contributed by atoms with Gasteiger partial charge in [0.25, 0.3) is 10.0 Å². The lowest BCUT2D eigenvalue weighted by atomic mass is 9.98. The number of rotatable bonds is 4. The van der Waals surface area contributed by atoms with Gasteiger partial charge in [-0.2, -0.15) is 9.40 Å². The number of aryl methyl sites for hydroxylation is 2. The maximum atomic E-state index is 13.0. The average Bonchev–Trinajstić information content (AvgIpc) is 3.32. The van der Waals surface area contributed by atoms with Crippen LogP contribution in [0.3, 0.4) is 0 Å². The minimum absolute atomic E-state index is 0.0553. The number of carbonyl (C=O) groups is 1. The summed E-state index contributed by atoms with van der Waals surface area (Å²) < 4.78 is 30.2. The van der Waals surface area contributed by atoms with Crippen LogP contribution in [0.4, 0.5) is 0 Å². The largest absolute Gasteiger partial charge is 0.345 e. The Bertz CT molecular complexity index is 1030. The predicted octanol–water partition coefficient (Wildman–Crippen LogP) is 0.612. The van der Waals surface area contributed by atoms with Crippen LogP contribution in [0.25, 0.3) is 0 Å². The number of thiophene rings is 1. The van der Waals surface area contributed by atoms with Crippen molar-refractivity contribution in [3.8, 4) is 0 Å². The average molecular weight is 440 g/mol. The van der Waals surface area contributed by atoms with Crippen LogP contribution in [0.2, 0.25) is 0 Å². The molecule has 2 aliphatic heterocycles. The summed E-state index contributed by atoms with van der Waals surface area (Å²) in [6, 6.07) is 3.34. The van der Waals surface area contributed by atoms with E-state index in [1.54, 1.807) is 27.0 Å². The molecule has 0 radical (unpaired) electrons. The third-order valence-electron chi connectivity index (χ3n) is 5.71. The van der Waals surface area contributed by atoms with E-state index >= 15 is 0 Å². The van der Waals surface area contributed by atoms with Crippen molar-refractivity contribution in [3.63, 3.8) is 0 Å². The van der Waals surface area contributed by atoms with E-state index in [0.717, 1.165) is 5.82 Å². The molecular formula is C18H25N5O4S2. The Morgan fingerprint density at radius 1 is 1.21 bits per heavy atom. The number of hydrogen-bond acceptors (Lipinski definition) is 6. The Labute approximate surface area is 173 Å². The van der Waals surface area contributed by atoms with Crippen molar-refractivity contribution < 1.29 is 13.2 Å². The lowest BCUT2D eigenvalue weighted by molar-refractivity contribution is -0.137. The summed E-state index contributed by atoms with van der Waals surface area (Å²) in [6.45, 7) is 4.33. The smallest absolute Gasteiger partial charge is 0.340 e. The van der Waals surface area contributed by atoms with Crippen LogP contribution in [0.15, 0.2) is 26.5 Å². The van der Waals surface area contributed by atoms with Crippen molar-refractivity contribution in [2.75, 3.05) is 26.2 Å². The van der Waals surface area contributed by atoms with Crippen molar-refractivity contribution >= 4 is 27.3 Å². The SMILES string of the molecule is CCn1nc2n(c1=O)CCC(C(=O)N1CCN(S(=O)(=O)c3cccs3)CC1)CC2. The molecule has 4 heterocycles. The van der Waals surface area contributed by atoms with E-state index in [-0.39, 0.29) is 17.5 Å². The topological polar surface area (TPSA) is 97.5 Å². The first-order chi connectivity index (χ1) is 13.9. The number of sulfonamides is 1. The monoisotopic (exact) mass is 439 g/mol. The van der Waals surface area contributed by atoms with Crippen LogP contribution in [-0.4, -0.2) is 64.1 Å². The fourth-order valence-corrected chi connectivity index (χ4v) is 6.59. The fourth-order valence-electron chi connectivity index (χ4n) is 4.03. The van der Waals surface area contributed by atoms with E-state index in [1.807, 2.05) is 6.92 Å². The van der Waals surface area contributed by atoms with E-state index in [0.29, 0.717) is 62.7 Å². The maximum absolute atomic E-state index is 13.0. The molecule has 158 valence electrons. The number of carbonyl (C=O) groups excluding carboxylic acids is 1. The second-order valence-corrected chi connectivity index (χ2v) is 10.5. The molecule has 11 heteroatoms. The second kappa shape index (κ2) is 8.04. The molecular weight excluding hydrogens is 414 g/mol. The van der Waals surface area contributed by atoms with E-state index in [1.165, 1.54) is 20.3 Å². The van der Waals surface area contributed by atoms with Gasteiger partial charge in [0, 0.05) is 51.6 Å². The van der Waals surface area contributed by atoms with Gasteiger partial charge in [-0.15, -0.1) is 11.3 Å². The van der Waals surface area contributed by atoms with Gasteiger partial charge in [0.2, 0.25) is 5.91 Å². The van der Waals surface area contributed by atoms with Gasteiger partial charge in [-0.3, -0.25) is 9.36 Å². The number of aromatic nitrogens is 3. The minimum atomic E-state index is -3.47. The molecule has 0 saturated carbocycles. The fraction of sp³-hybridized carbons (Fsp3) is 0.611. The van der Waals surface area contributed by atoms with Gasteiger partial charge < -0.3 is 4.90 Å². The van der Waals surface area contributed by atoms with Gasteiger partial charge in [-0.25, -0.2) is 17.9 Å². The molecule has 1 fully saturated rings. The van der Waals surface area contributed by atoms with Gasteiger partial charge >= 0.3 is 5.69 Å². The first-order valence-corrected chi connectivity index (χ1v) is 12.2. The Morgan fingerprint density at radius 2 is 1.97 bits per heavy atom. The molecule has 1 unspecified atom stereocenters. The Morgan fingerprint density at radius 3 is 2.62 bits per heavy atom.